The van der Waals surface area contributed by atoms with Gasteiger partial charge in [0.05, 0.1) is 18.8 Å². The van der Waals surface area contributed by atoms with Crippen LogP contribution in [0.4, 0.5) is 13.2 Å². The highest BCUT2D eigenvalue weighted by Gasteiger charge is 2.38. The Labute approximate surface area is 125 Å². The van der Waals surface area contributed by atoms with Crippen LogP contribution < -0.4 is 5.73 Å². The fraction of sp³-hybridized carbons (Fsp3) is 1.00. The van der Waals surface area contributed by atoms with Gasteiger partial charge >= 0.3 is 6.18 Å². The lowest BCUT2D eigenvalue weighted by atomic mass is 9.68. The minimum absolute atomic E-state index is 0.0516. The summed E-state index contributed by atoms with van der Waals surface area (Å²) in [5, 5.41) is 0. The highest BCUT2D eigenvalue weighted by atomic mass is 19.4. The second-order valence-corrected chi connectivity index (χ2v) is 7.04. The van der Waals surface area contributed by atoms with Gasteiger partial charge in [-0.15, -0.1) is 0 Å². The van der Waals surface area contributed by atoms with E-state index in [0.29, 0.717) is 12.5 Å². The molecule has 1 fully saturated rings. The van der Waals surface area contributed by atoms with E-state index >= 15 is 0 Å². The molecule has 0 aromatic rings. The number of rotatable bonds is 6. The normalized spacial score (nSPS) is 27.9. The molecule has 1 aliphatic carbocycles. The maximum absolute atomic E-state index is 11.9. The summed E-state index contributed by atoms with van der Waals surface area (Å²) in [6.45, 7) is 6.00. The van der Waals surface area contributed by atoms with Crippen molar-refractivity contribution < 1.29 is 22.6 Å². The standard InChI is InChI=1S/C15H28F3NO2/c1-13(2,3)12-4-6-14(10-19,7-5-12)21-9-8-20-11-15(16,17)18/h12H,4-11,19H2,1-3H3. The molecule has 0 atom stereocenters. The molecule has 1 aliphatic rings. The van der Waals surface area contributed by atoms with Crippen molar-refractivity contribution in [2.24, 2.45) is 17.1 Å². The van der Waals surface area contributed by atoms with Crippen molar-refractivity contribution in [1.29, 1.82) is 0 Å². The van der Waals surface area contributed by atoms with Crippen molar-refractivity contribution in [3.05, 3.63) is 0 Å². The number of nitrogens with two attached hydrogens (primary N) is 1. The molecule has 0 aliphatic heterocycles. The van der Waals surface area contributed by atoms with Crippen LogP contribution >= 0.6 is 0 Å². The van der Waals surface area contributed by atoms with Crippen LogP contribution in [0.25, 0.3) is 0 Å². The Kier molecular flexibility index (Phi) is 6.50. The van der Waals surface area contributed by atoms with E-state index in [4.69, 9.17) is 10.5 Å². The Morgan fingerprint density at radius 2 is 1.67 bits per heavy atom. The predicted molar refractivity (Wildman–Crippen MR) is 76.0 cm³/mol. The van der Waals surface area contributed by atoms with Crippen LogP contribution in [0.5, 0.6) is 0 Å². The van der Waals surface area contributed by atoms with Gasteiger partial charge < -0.3 is 15.2 Å². The minimum Gasteiger partial charge on any atom is -0.371 e. The molecule has 0 spiro atoms. The molecule has 0 unspecified atom stereocenters. The highest BCUT2D eigenvalue weighted by molar-refractivity contribution is 4.91. The number of halogens is 3. The lowest BCUT2D eigenvalue weighted by Crippen LogP contribution is -2.46. The lowest BCUT2D eigenvalue weighted by Gasteiger charge is -2.43. The average molecular weight is 311 g/mol. The van der Waals surface area contributed by atoms with Crippen molar-refractivity contribution in [1.82, 2.24) is 0 Å². The van der Waals surface area contributed by atoms with Gasteiger partial charge in [-0.25, -0.2) is 0 Å². The first-order valence-corrected chi connectivity index (χ1v) is 7.56. The van der Waals surface area contributed by atoms with E-state index in [1.807, 2.05) is 0 Å². The van der Waals surface area contributed by atoms with Crippen molar-refractivity contribution >= 4 is 0 Å². The van der Waals surface area contributed by atoms with Crippen LogP contribution in [0.3, 0.4) is 0 Å². The van der Waals surface area contributed by atoms with Crippen LogP contribution in [-0.2, 0) is 9.47 Å². The van der Waals surface area contributed by atoms with Crippen LogP contribution in [0.2, 0.25) is 0 Å². The van der Waals surface area contributed by atoms with Crippen LogP contribution in [0.1, 0.15) is 46.5 Å². The number of hydrogen-bond acceptors (Lipinski definition) is 3. The molecule has 1 saturated carbocycles. The van der Waals surface area contributed by atoms with E-state index in [0.717, 1.165) is 25.7 Å². The van der Waals surface area contributed by atoms with Crippen molar-refractivity contribution in [3.8, 4) is 0 Å². The first kappa shape index (κ1) is 18.7. The summed E-state index contributed by atoms with van der Waals surface area (Å²) >= 11 is 0. The fourth-order valence-electron chi connectivity index (χ4n) is 2.92. The Hall–Kier alpha value is -0.330. The summed E-state index contributed by atoms with van der Waals surface area (Å²) in [5.41, 5.74) is 5.72. The zero-order valence-electron chi connectivity index (χ0n) is 13.3. The van der Waals surface area contributed by atoms with Crippen molar-refractivity contribution in [3.63, 3.8) is 0 Å². The smallest absolute Gasteiger partial charge is 0.371 e. The second-order valence-electron chi connectivity index (χ2n) is 7.04. The molecular formula is C15H28F3NO2. The third-order valence-corrected chi connectivity index (χ3v) is 4.40. The molecule has 2 N–H and O–H groups in total. The Morgan fingerprint density at radius 1 is 1.10 bits per heavy atom. The van der Waals surface area contributed by atoms with Crippen LogP contribution in [0.15, 0.2) is 0 Å². The first-order chi connectivity index (χ1) is 9.58. The first-order valence-electron chi connectivity index (χ1n) is 7.56. The average Bonchev–Trinajstić information content (AvgIpc) is 2.36. The van der Waals surface area contributed by atoms with E-state index in [-0.39, 0.29) is 24.2 Å². The van der Waals surface area contributed by atoms with Gasteiger partial charge in [0.1, 0.15) is 6.61 Å². The molecule has 0 aromatic heterocycles. The van der Waals surface area contributed by atoms with Crippen LogP contribution in [0, 0.1) is 11.3 Å². The molecule has 0 saturated heterocycles. The predicted octanol–water partition coefficient (Wildman–Crippen LogP) is 3.52. The Bertz CT molecular complexity index is 305. The zero-order valence-corrected chi connectivity index (χ0v) is 13.3. The van der Waals surface area contributed by atoms with Gasteiger partial charge in [0.15, 0.2) is 0 Å². The summed E-state index contributed by atoms with van der Waals surface area (Å²) in [6, 6.07) is 0. The minimum atomic E-state index is -4.28. The molecule has 6 heteroatoms. The molecule has 0 radical (unpaired) electrons. The summed E-state index contributed by atoms with van der Waals surface area (Å²) in [5.74, 6) is 0.641. The maximum Gasteiger partial charge on any atom is 0.411 e. The van der Waals surface area contributed by atoms with E-state index < -0.39 is 12.8 Å². The van der Waals surface area contributed by atoms with Gasteiger partial charge in [0.2, 0.25) is 0 Å². The van der Waals surface area contributed by atoms with Gasteiger partial charge in [0.25, 0.3) is 0 Å². The van der Waals surface area contributed by atoms with Gasteiger partial charge in [0, 0.05) is 6.54 Å². The second kappa shape index (κ2) is 7.29. The lowest BCUT2D eigenvalue weighted by molar-refractivity contribution is -0.181. The van der Waals surface area contributed by atoms with Gasteiger partial charge in [-0.05, 0) is 37.0 Å². The molecular weight excluding hydrogens is 283 g/mol. The topological polar surface area (TPSA) is 44.5 Å². The largest absolute Gasteiger partial charge is 0.411 e. The van der Waals surface area contributed by atoms with E-state index in [2.05, 4.69) is 25.5 Å². The van der Waals surface area contributed by atoms with Gasteiger partial charge in [-0.3, -0.25) is 0 Å². The number of ether oxygens (including phenoxy) is 2. The summed E-state index contributed by atoms with van der Waals surface area (Å²) in [4.78, 5) is 0. The monoisotopic (exact) mass is 311 g/mol. The third kappa shape index (κ3) is 6.53. The van der Waals surface area contributed by atoms with Crippen LogP contribution in [-0.4, -0.2) is 38.1 Å². The quantitative estimate of drug-likeness (QED) is 0.763. The molecule has 0 aromatic carbocycles. The van der Waals surface area contributed by atoms with E-state index in [1.165, 1.54) is 0 Å². The summed E-state index contributed by atoms with van der Waals surface area (Å²) in [6.07, 6.45) is -0.458. The molecule has 21 heavy (non-hydrogen) atoms. The van der Waals surface area contributed by atoms with E-state index in [9.17, 15) is 13.2 Å². The molecule has 126 valence electrons. The zero-order chi connectivity index (χ0) is 16.1. The molecule has 0 bridgehead atoms. The van der Waals surface area contributed by atoms with Gasteiger partial charge in [-0.2, -0.15) is 13.2 Å². The van der Waals surface area contributed by atoms with Crippen molar-refractivity contribution in [2.45, 2.75) is 58.2 Å². The third-order valence-electron chi connectivity index (χ3n) is 4.40. The molecule has 3 nitrogen and oxygen atoms in total. The molecule has 0 heterocycles. The van der Waals surface area contributed by atoms with Gasteiger partial charge in [-0.1, -0.05) is 20.8 Å². The SMILES string of the molecule is CC(C)(C)C1CCC(CN)(OCCOCC(F)(F)F)CC1. The van der Waals surface area contributed by atoms with Crippen molar-refractivity contribution in [2.75, 3.05) is 26.4 Å². The number of hydrogen-bond donors (Lipinski definition) is 1. The Balaban J connectivity index is 2.32. The maximum atomic E-state index is 11.9. The highest BCUT2D eigenvalue weighted by Crippen LogP contribution is 2.42. The fourth-order valence-corrected chi connectivity index (χ4v) is 2.92. The molecule has 0 amide bonds. The summed E-state index contributed by atoms with van der Waals surface area (Å²) < 4.78 is 46.2. The number of alkyl halides is 3. The summed E-state index contributed by atoms with van der Waals surface area (Å²) in [7, 11) is 0. The van der Waals surface area contributed by atoms with E-state index in [1.54, 1.807) is 0 Å². The Morgan fingerprint density at radius 3 is 2.10 bits per heavy atom. The molecule has 1 rings (SSSR count).